The Balaban J connectivity index is 1.62. The maximum atomic E-state index is 12.3. The number of morpholine rings is 1. The van der Waals surface area contributed by atoms with Gasteiger partial charge in [-0.15, -0.1) is 0 Å². The van der Waals surface area contributed by atoms with Gasteiger partial charge >= 0.3 is 0 Å². The molecule has 8 nitrogen and oxygen atoms in total. The number of nitrogens with zero attached hydrogens (tertiary/aromatic N) is 4. The smallest absolute Gasteiger partial charge is 0.253 e. The highest BCUT2D eigenvalue weighted by Crippen LogP contribution is 2.20. The molecule has 0 radical (unpaired) electrons. The zero-order valence-corrected chi connectivity index (χ0v) is 14.8. The number of amides is 1. The maximum absolute atomic E-state index is 12.3. The van der Waals surface area contributed by atoms with E-state index in [1.54, 1.807) is 6.92 Å². The van der Waals surface area contributed by atoms with Crippen LogP contribution in [0.4, 0.5) is 5.95 Å². The Morgan fingerprint density at radius 2 is 2.20 bits per heavy atom. The SMILES string of the molecule is C[C@]1(C(=O)NCCO)CN(Cc2ccnc(N3CCCC3)n2)CCO1. The first-order chi connectivity index (χ1) is 12.1. The molecule has 2 saturated heterocycles. The third kappa shape index (κ3) is 4.45. The number of aliphatic hydroxyl groups is 1. The normalized spacial score (nSPS) is 24.5. The second kappa shape index (κ2) is 8.07. The first-order valence-corrected chi connectivity index (χ1v) is 8.93. The van der Waals surface area contributed by atoms with Crippen LogP contribution in [0.15, 0.2) is 12.3 Å². The van der Waals surface area contributed by atoms with Crippen molar-refractivity contribution in [2.45, 2.75) is 31.9 Å². The van der Waals surface area contributed by atoms with Crippen LogP contribution in [0.3, 0.4) is 0 Å². The second-order valence-electron chi connectivity index (χ2n) is 6.81. The Bertz CT molecular complexity index is 593. The summed E-state index contributed by atoms with van der Waals surface area (Å²) in [7, 11) is 0. The van der Waals surface area contributed by atoms with Gasteiger partial charge in [-0.05, 0) is 25.8 Å². The molecular weight excluding hydrogens is 322 g/mol. The lowest BCUT2D eigenvalue weighted by Gasteiger charge is -2.39. The number of aliphatic hydroxyl groups excluding tert-OH is 1. The summed E-state index contributed by atoms with van der Waals surface area (Å²) in [6.45, 7) is 6.40. The summed E-state index contributed by atoms with van der Waals surface area (Å²) in [6, 6.07) is 1.93. The van der Waals surface area contributed by atoms with Gasteiger partial charge in [0.1, 0.15) is 0 Å². The van der Waals surface area contributed by atoms with Crippen LogP contribution in [0.25, 0.3) is 0 Å². The standard InChI is InChI=1S/C17H27N5O3/c1-17(15(24)18-6-10-23)13-21(9-11-25-17)12-14-4-5-19-16(20-14)22-7-2-3-8-22/h4-5,23H,2-3,6-13H2,1H3,(H,18,24)/t17-/m1/s1. The number of carbonyl (C=O) groups is 1. The van der Waals surface area contributed by atoms with Crippen LogP contribution in [-0.2, 0) is 16.1 Å². The first kappa shape index (κ1) is 18.0. The Morgan fingerprint density at radius 1 is 1.40 bits per heavy atom. The van der Waals surface area contributed by atoms with Gasteiger partial charge in [0.25, 0.3) is 5.91 Å². The number of hydrogen-bond acceptors (Lipinski definition) is 7. The summed E-state index contributed by atoms with van der Waals surface area (Å²) < 4.78 is 5.72. The fourth-order valence-corrected chi connectivity index (χ4v) is 3.35. The monoisotopic (exact) mass is 349 g/mol. The number of carbonyl (C=O) groups excluding carboxylic acids is 1. The van der Waals surface area contributed by atoms with Crippen molar-refractivity contribution in [3.8, 4) is 0 Å². The minimum Gasteiger partial charge on any atom is -0.395 e. The molecule has 2 aliphatic rings. The molecule has 0 saturated carbocycles. The lowest BCUT2D eigenvalue weighted by atomic mass is 10.0. The number of aromatic nitrogens is 2. The molecule has 1 atom stereocenters. The summed E-state index contributed by atoms with van der Waals surface area (Å²) >= 11 is 0. The van der Waals surface area contributed by atoms with Gasteiger partial charge in [-0.2, -0.15) is 0 Å². The van der Waals surface area contributed by atoms with Crippen molar-refractivity contribution in [3.05, 3.63) is 18.0 Å². The highest BCUT2D eigenvalue weighted by atomic mass is 16.5. The molecule has 0 spiro atoms. The van der Waals surface area contributed by atoms with Gasteiger partial charge in [0.2, 0.25) is 5.95 Å². The van der Waals surface area contributed by atoms with Crippen molar-refractivity contribution in [2.24, 2.45) is 0 Å². The third-order valence-electron chi connectivity index (χ3n) is 4.71. The minimum absolute atomic E-state index is 0.0776. The van der Waals surface area contributed by atoms with Gasteiger partial charge < -0.3 is 20.1 Å². The van der Waals surface area contributed by atoms with Crippen LogP contribution >= 0.6 is 0 Å². The second-order valence-corrected chi connectivity index (χ2v) is 6.81. The molecule has 3 rings (SSSR count). The Morgan fingerprint density at radius 3 is 2.96 bits per heavy atom. The molecule has 1 aromatic rings. The molecule has 1 amide bonds. The van der Waals surface area contributed by atoms with E-state index in [0.29, 0.717) is 19.7 Å². The van der Waals surface area contributed by atoms with Crippen LogP contribution in [0, 0.1) is 0 Å². The molecule has 3 heterocycles. The first-order valence-electron chi connectivity index (χ1n) is 8.93. The van der Waals surface area contributed by atoms with Crippen LogP contribution in [-0.4, -0.2) is 77.4 Å². The molecule has 0 unspecified atom stereocenters. The number of nitrogens with one attached hydrogen (secondary N) is 1. The number of hydrogen-bond donors (Lipinski definition) is 2. The van der Waals surface area contributed by atoms with Gasteiger partial charge in [0, 0.05) is 45.5 Å². The predicted octanol–water partition coefficient (Wildman–Crippen LogP) is -0.224. The van der Waals surface area contributed by atoms with E-state index in [2.05, 4.69) is 25.1 Å². The molecular formula is C17H27N5O3. The summed E-state index contributed by atoms with van der Waals surface area (Å²) in [6.07, 6.45) is 4.19. The topological polar surface area (TPSA) is 90.8 Å². The van der Waals surface area contributed by atoms with Crippen LogP contribution in [0.1, 0.15) is 25.5 Å². The van der Waals surface area contributed by atoms with Crippen molar-refractivity contribution in [1.29, 1.82) is 0 Å². The molecule has 0 aliphatic carbocycles. The fraction of sp³-hybridized carbons (Fsp3) is 0.706. The van der Waals surface area contributed by atoms with Crippen molar-refractivity contribution in [3.63, 3.8) is 0 Å². The number of ether oxygens (including phenoxy) is 1. The fourth-order valence-electron chi connectivity index (χ4n) is 3.35. The quantitative estimate of drug-likeness (QED) is 0.733. The van der Waals surface area contributed by atoms with Crippen molar-refractivity contribution in [2.75, 3.05) is 50.8 Å². The van der Waals surface area contributed by atoms with E-state index in [1.165, 1.54) is 12.8 Å². The summed E-state index contributed by atoms with van der Waals surface area (Å²) in [5, 5.41) is 11.6. The largest absolute Gasteiger partial charge is 0.395 e. The number of anilines is 1. The van der Waals surface area contributed by atoms with E-state index in [9.17, 15) is 4.79 Å². The molecule has 8 heteroatoms. The maximum Gasteiger partial charge on any atom is 0.253 e. The zero-order valence-electron chi connectivity index (χ0n) is 14.8. The van der Waals surface area contributed by atoms with Crippen molar-refractivity contribution >= 4 is 11.9 Å². The molecule has 1 aromatic heterocycles. The van der Waals surface area contributed by atoms with E-state index in [-0.39, 0.29) is 19.1 Å². The Kier molecular flexibility index (Phi) is 5.82. The summed E-state index contributed by atoms with van der Waals surface area (Å²) in [4.78, 5) is 25.8. The summed E-state index contributed by atoms with van der Waals surface area (Å²) in [5.74, 6) is 0.610. The molecule has 138 valence electrons. The van der Waals surface area contributed by atoms with Gasteiger partial charge in [-0.3, -0.25) is 9.69 Å². The van der Waals surface area contributed by atoms with E-state index in [4.69, 9.17) is 9.84 Å². The van der Waals surface area contributed by atoms with Crippen LogP contribution in [0.2, 0.25) is 0 Å². The van der Waals surface area contributed by atoms with Crippen LogP contribution in [0.5, 0.6) is 0 Å². The molecule has 0 aromatic carbocycles. The Labute approximate surface area is 148 Å². The lowest BCUT2D eigenvalue weighted by molar-refractivity contribution is -0.157. The molecule has 2 fully saturated rings. The van der Waals surface area contributed by atoms with E-state index in [0.717, 1.165) is 31.3 Å². The highest BCUT2D eigenvalue weighted by molar-refractivity contribution is 5.85. The van der Waals surface area contributed by atoms with Gasteiger partial charge in [-0.25, -0.2) is 9.97 Å². The average Bonchev–Trinajstić information content (AvgIpc) is 3.14. The Hall–Kier alpha value is -1.77. The summed E-state index contributed by atoms with van der Waals surface area (Å²) in [5.41, 5.74) is 0.0509. The number of rotatable bonds is 6. The predicted molar refractivity (Wildman–Crippen MR) is 93.2 cm³/mol. The zero-order chi connectivity index (χ0) is 17.7. The average molecular weight is 349 g/mol. The van der Waals surface area contributed by atoms with Gasteiger partial charge in [0.15, 0.2) is 5.60 Å². The van der Waals surface area contributed by atoms with E-state index < -0.39 is 5.60 Å². The minimum atomic E-state index is -0.905. The lowest BCUT2D eigenvalue weighted by Crippen LogP contribution is -2.58. The molecule has 0 bridgehead atoms. The van der Waals surface area contributed by atoms with E-state index >= 15 is 0 Å². The van der Waals surface area contributed by atoms with Crippen molar-refractivity contribution in [1.82, 2.24) is 20.2 Å². The van der Waals surface area contributed by atoms with Crippen molar-refractivity contribution < 1.29 is 14.6 Å². The van der Waals surface area contributed by atoms with Gasteiger partial charge in [0.05, 0.1) is 18.9 Å². The van der Waals surface area contributed by atoms with Crippen LogP contribution < -0.4 is 10.2 Å². The third-order valence-corrected chi connectivity index (χ3v) is 4.71. The highest BCUT2D eigenvalue weighted by Gasteiger charge is 2.39. The van der Waals surface area contributed by atoms with Gasteiger partial charge in [-0.1, -0.05) is 0 Å². The molecule has 2 N–H and O–H groups in total. The molecule has 2 aliphatic heterocycles. The van der Waals surface area contributed by atoms with E-state index in [1.807, 2.05) is 12.3 Å². The molecule has 25 heavy (non-hydrogen) atoms.